The summed E-state index contributed by atoms with van der Waals surface area (Å²) in [5.41, 5.74) is 6.12. The molecule has 1 aromatic heterocycles. The fraction of sp³-hybridized carbons (Fsp3) is 0.600. The van der Waals surface area contributed by atoms with E-state index in [0.717, 1.165) is 5.92 Å². The summed E-state index contributed by atoms with van der Waals surface area (Å²) in [6.45, 7) is 2.14. The predicted octanol–water partition coefficient (Wildman–Crippen LogP) is 2.86. The SMILES string of the molecule is Cc1ccc([C@H](N)C2CCC2)s1. The maximum Gasteiger partial charge on any atom is 0.0418 e. The van der Waals surface area contributed by atoms with Crippen molar-refractivity contribution < 1.29 is 0 Å². The number of nitrogens with two attached hydrogens (primary N) is 1. The molecule has 2 heteroatoms. The molecule has 0 aromatic carbocycles. The molecule has 0 unspecified atom stereocenters. The lowest BCUT2D eigenvalue weighted by Gasteiger charge is -2.30. The van der Waals surface area contributed by atoms with Gasteiger partial charge in [-0.3, -0.25) is 0 Å². The smallest absolute Gasteiger partial charge is 0.0418 e. The van der Waals surface area contributed by atoms with E-state index in [1.807, 2.05) is 11.3 Å². The van der Waals surface area contributed by atoms with Crippen LogP contribution in [0.2, 0.25) is 0 Å². The molecule has 0 saturated heterocycles. The number of hydrogen-bond acceptors (Lipinski definition) is 2. The van der Waals surface area contributed by atoms with Gasteiger partial charge in [-0.2, -0.15) is 0 Å². The van der Waals surface area contributed by atoms with E-state index in [4.69, 9.17) is 5.73 Å². The summed E-state index contributed by atoms with van der Waals surface area (Å²) < 4.78 is 0. The monoisotopic (exact) mass is 181 g/mol. The lowest BCUT2D eigenvalue weighted by molar-refractivity contribution is 0.267. The fourth-order valence-corrected chi connectivity index (χ4v) is 2.64. The van der Waals surface area contributed by atoms with Gasteiger partial charge >= 0.3 is 0 Å². The molecule has 1 heterocycles. The van der Waals surface area contributed by atoms with Crippen molar-refractivity contribution in [3.63, 3.8) is 0 Å². The second-order valence-corrected chi connectivity index (χ2v) is 4.98. The molecule has 1 aromatic rings. The van der Waals surface area contributed by atoms with E-state index in [-0.39, 0.29) is 0 Å². The minimum atomic E-state index is 0.317. The van der Waals surface area contributed by atoms with Crippen LogP contribution in [0.15, 0.2) is 12.1 Å². The van der Waals surface area contributed by atoms with Gasteiger partial charge in [-0.25, -0.2) is 0 Å². The molecule has 0 bridgehead atoms. The van der Waals surface area contributed by atoms with Gasteiger partial charge in [0.2, 0.25) is 0 Å². The Hall–Kier alpha value is -0.340. The summed E-state index contributed by atoms with van der Waals surface area (Å²) in [6.07, 6.45) is 4.04. The summed E-state index contributed by atoms with van der Waals surface area (Å²) in [4.78, 5) is 2.75. The zero-order valence-corrected chi connectivity index (χ0v) is 8.23. The van der Waals surface area contributed by atoms with Gasteiger partial charge in [0.25, 0.3) is 0 Å². The highest BCUT2D eigenvalue weighted by Gasteiger charge is 2.26. The molecule has 0 spiro atoms. The molecule has 12 heavy (non-hydrogen) atoms. The summed E-state index contributed by atoms with van der Waals surface area (Å²) in [5, 5.41) is 0. The van der Waals surface area contributed by atoms with Crippen molar-refractivity contribution >= 4 is 11.3 Å². The van der Waals surface area contributed by atoms with Crippen LogP contribution in [0.4, 0.5) is 0 Å². The number of hydrogen-bond donors (Lipinski definition) is 1. The van der Waals surface area contributed by atoms with Gasteiger partial charge < -0.3 is 5.73 Å². The van der Waals surface area contributed by atoms with Crippen LogP contribution in [0, 0.1) is 12.8 Å². The first-order valence-corrected chi connectivity index (χ1v) is 5.41. The first-order chi connectivity index (χ1) is 5.77. The Kier molecular flexibility index (Phi) is 2.20. The van der Waals surface area contributed by atoms with Gasteiger partial charge in [-0.05, 0) is 37.8 Å². The Balaban J connectivity index is 2.08. The van der Waals surface area contributed by atoms with Gasteiger partial charge in [-0.15, -0.1) is 11.3 Å². The molecular weight excluding hydrogens is 166 g/mol. The normalized spacial score (nSPS) is 20.5. The molecule has 1 saturated carbocycles. The molecule has 2 rings (SSSR count). The maximum absolute atomic E-state index is 6.12. The van der Waals surface area contributed by atoms with Gasteiger partial charge in [-0.1, -0.05) is 6.42 Å². The largest absolute Gasteiger partial charge is 0.323 e. The Bertz CT molecular complexity index is 263. The van der Waals surface area contributed by atoms with Crippen molar-refractivity contribution in [2.45, 2.75) is 32.2 Å². The van der Waals surface area contributed by atoms with Gasteiger partial charge in [0.1, 0.15) is 0 Å². The van der Waals surface area contributed by atoms with Crippen molar-refractivity contribution in [2.24, 2.45) is 11.7 Å². The quantitative estimate of drug-likeness (QED) is 0.746. The van der Waals surface area contributed by atoms with Crippen LogP contribution in [-0.2, 0) is 0 Å². The van der Waals surface area contributed by atoms with Gasteiger partial charge in [0.05, 0.1) is 0 Å². The number of aryl methyl sites for hydroxylation is 1. The summed E-state index contributed by atoms with van der Waals surface area (Å²) in [5.74, 6) is 0.767. The van der Waals surface area contributed by atoms with Crippen molar-refractivity contribution in [3.8, 4) is 0 Å². The first-order valence-electron chi connectivity index (χ1n) is 4.59. The van der Waals surface area contributed by atoms with E-state index < -0.39 is 0 Å². The van der Waals surface area contributed by atoms with Crippen molar-refractivity contribution in [2.75, 3.05) is 0 Å². The molecular formula is C10H15NS. The third kappa shape index (κ3) is 1.41. The van der Waals surface area contributed by atoms with Crippen LogP contribution in [0.1, 0.15) is 35.1 Å². The topological polar surface area (TPSA) is 26.0 Å². The second-order valence-electron chi connectivity index (χ2n) is 3.67. The van der Waals surface area contributed by atoms with Crippen LogP contribution in [0.5, 0.6) is 0 Å². The van der Waals surface area contributed by atoms with Crippen molar-refractivity contribution in [3.05, 3.63) is 21.9 Å². The first kappa shape index (κ1) is 8.27. The molecule has 2 N–H and O–H groups in total. The molecule has 1 atom stereocenters. The average molecular weight is 181 g/mol. The minimum absolute atomic E-state index is 0.317. The van der Waals surface area contributed by atoms with Crippen LogP contribution in [-0.4, -0.2) is 0 Å². The number of rotatable bonds is 2. The average Bonchev–Trinajstić information content (AvgIpc) is 2.31. The minimum Gasteiger partial charge on any atom is -0.323 e. The zero-order valence-electron chi connectivity index (χ0n) is 7.42. The molecule has 1 aliphatic carbocycles. The standard InChI is InChI=1S/C10H15NS/c1-7-5-6-9(12-7)10(11)8-3-2-4-8/h5-6,8,10H,2-4,11H2,1H3/t10-/m1/s1. The van der Waals surface area contributed by atoms with E-state index in [1.165, 1.54) is 29.0 Å². The van der Waals surface area contributed by atoms with Crippen molar-refractivity contribution in [1.82, 2.24) is 0 Å². The highest BCUT2D eigenvalue weighted by molar-refractivity contribution is 7.12. The highest BCUT2D eigenvalue weighted by atomic mass is 32.1. The van der Waals surface area contributed by atoms with Gasteiger partial charge in [0.15, 0.2) is 0 Å². The summed E-state index contributed by atoms with van der Waals surface area (Å²) >= 11 is 1.85. The van der Waals surface area contributed by atoms with E-state index in [1.54, 1.807) is 0 Å². The van der Waals surface area contributed by atoms with E-state index >= 15 is 0 Å². The molecule has 1 aliphatic rings. The molecule has 0 amide bonds. The fourth-order valence-electron chi connectivity index (χ4n) is 1.66. The van der Waals surface area contributed by atoms with Crippen LogP contribution >= 0.6 is 11.3 Å². The highest BCUT2D eigenvalue weighted by Crippen LogP contribution is 2.38. The third-order valence-electron chi connectivity index (χ3n) is 2.75. The Morgan fingerprint density at radius 3 is 2.67 bits per heavy atom. The maximum atomic E-state index is 6.12. The summed E-state index contributed by atoms with van der Waals surface area (Å²) in [6, 6.07) is 4.67. The molecule has 1 nitrogen and oxygen atoms in total. The molecule has 1 fully saturated rings. The van der Waals surface area contributed by atoms with E-state index in [2.05, 4.69) is 19.1 Å². The molecule has 0 radical (unpaired) electrons. The third-order valence-corrected chi connectivity index (χ3v) is 3.85. The lowest BCUT2D eigenvalue weighted by Crippen LogP contribution is -2.25. The Morgan fingerprint density at radius 1 is 1.50 bits per heavy atom. The van der Waals surface area contributed by atoms with E-state index in [9.17, 15) is 0 Å². The lowest BCUT2D eigenvalue weighted by atomic mass is 9.79. The molecule has 0 aliphatic heterocycles. The zero-order chi connectivity index (χ0) is 8.55. The Morgan fingerprint density at radius 2 is 2.25 bits per heavy atom. The predicted molar refractivity (Wildman–Crippen MR) is 53.3 cm³/mol. The number of thiophene rings is 1. The van der Waals surface area contributed by atoms with Gasteiger partial charge in [0, 0.05) is 15.8 Å². The van der Waals surface area contributed by atoms with Crippen LogP contribution in [0.25, 0.3) is 0 Å². The molecule has 66 valence electrons. The second kappa shape index (κ2) is 3.19. The Labute approximate surface area is 77.6 Å². The summed E-state index contributed by atoms with van der Waals surface area (Å²) in [7, 11) is 0. The van der Waals surface area contributed by atoms with Crippen molar-refractivity contribution in [1.29, 1.82) is 0 Å². The van der Waals surface area contributed by atoms with E-state index in [0.29, 0.717) is 6.04 Å². The van der Waals surface area contributed by atoms with Crippen LogP contribution in [0.3, 0.4) is 0 Å². The van der Waals surface area contributed by atoms with Crippen LogP contribution < -0.4 is 5.73 Å².